The molecule has 0 bridgehead atoms. The van der Waals surface area contributed by atoms with Gasteiger partial charge in [0.1, 0.15) is 41.7 Å². The van der Waals surface area contributed by atoms with Crippen molar-refractivity contribution in [1.82, 2.24) is 31.6 Å². The van der Waals surface area contributed by atoms with E-state index < -0.39 is 96.5 Å². The highest BCUT2D eigenvalue weighted by molar-refractivity contribution is 5.99. The van der Waals surface area contributed by atoms with Crippen molar-refractivity contribution in [2.75, 3.05) is 0 Å². The summed E-state index contributed by atoms with van der Waals surface area (Å²) in [5.74, 6) is -9.27. The number of carbonyl (C=O) groups excluding carboxylic acids is 6. The monoisotopic (exact) mass is 906 g/mol. The van der Waals surface area contributed by atoms with E-state index in [1.807, 2.05) is 0 Å². The van der Waals surface area contributed by atoms with E-state index in [4.69, 9.17) is 11.5 Å². The Morgan fingerprint density at radius 1 is 0.500 bits per heavy atom. The molecule has 6 atom stereocenters. The molecule has 0 saturated heterocycles. The molecule has 20 nitrogen and oxygen atoms in total. The quantitative estimate of drug-likeness (QED) is 0.0412. The maximum Gasteiger partial charge on any atom is 0.326 e. The highest BCUT2D eigenvalue weighted by Crippen LogP contribution is 2.20. The molecule has 0 aliphatic rings. The SMILES string of the molecule is NC(=O)C[C@H](NC(=O)[C@H](Cc1ccc(O)cc1)NC(=O)[C@H](CC(=O)O)NC(=O)[C@@H](N)Cc1ccccc1)C(=O)N[C@@H](Cc1c[nH]c2ccccc12)C(=O)N[C@@H](Cc1ccc(O)cc1)C(=O)O. The number of amides is 6. The number of hydrogen-bond donors (Lipinski definition) is 12. The number of nitrogens with one attached hydrogen (secondary N) is 6. The number of benzene rings is 4. The molecule has 0 spiro atoms. The van der Waals surface area contributed by atoms with E-state index in [9.17, 15) is 58.8 Å². The second kappa shape index (κ2) is 22.9. The van der Waals surface area contributed by atoms with E-state index in [1.165, 1.54) is 48.5 Å². The predicted molar refractivity (Wildman–Crippen MR) is 237 cm³/mol. The number of carbonyl (C=O) groups is 8. The molecule has 0 saturated carbocycles. The molecule has 0 aliphatic carbocycles. The zero-order chi connectivity index (χ0) is 47.9. The minimum atomic E-state index is -1.80. The predicted octanol–water partition coefficient (Wildman–Crippen LogP) is 0.0357. The van der Waals surface area contributed by atoms with Crippen molar-refractivity contribution in [3.63, 3.8) is 0 Å². The smallest absolute Gasteiger partial charge is 0.326 e. The molecule has 20 heteroatoms. The van der Waals surface area contributed by atoms with Crippen LogP contribution in [0.1, 0.15) is 35.1 Å². The van der Waals surface area contributed by atoms with Crippen LogP contribution in [0.2, 0.25) is 0 Å². The topological polar surface area (TPSA) is 345 Å². The van der Waals surface area contributed by atoms with Gasteiger partial charge in [-0.15, -0.1) is 0 Å². The lowest BCUT2D eigenvalue weighted by molar-refractivity contribution is -0.142. The van der Waals surface area contributed by atoms with Gasteiger partial charge in [-0.05, 0) is 59.0 Å². The molecular weight excluding hydrogens is 857 g/mol. The number of carboxylic acids is 2. The Morgan fingerprint density at radius 2 is 0.939 bits per heavy atom. The Morgan fingerprint density at radius 3 is 1.48 bits per heavy atom. The molecule has 5 rings (SSSR count). The number of hydrogen-bond acceptors (Lipinski definition) is 11. The number of nitrogens with two attached hydrogens (primary N) is 2. The summed E-state index contributed by atoms with van der Waals surface area (Å²) in [5, 5.41) is 52.1. The van der Waals surface area contributed by atoms with E-state index in [-0.39, 0.29) is 37.2 Å². The molecule has 0 unspecified atom stereocenters. The fraction of sp³-hybridized carbons (Fsp3) is 0.261. The number of fused-ring (bicyclic) bond motifs is 1. The molecular formula is C46H50N8O12. The summed E-state index contributed by atoms with van der Waals surface area (Å²) in [6.45, 7) is 0. The number of aromatic nitrogens is 1. The second-order valence-electron chi connectivity index (χ2n) is 15.5. The van der Waals surface area contributed by atoms with Crippen molar-refractivity contribution in [3.05, 3.63) is 132 Å². The fourth-order valence-electron chi connectivity index (χ4n) is 7.00. The Kier molecular flexibility index (Phi) is 16.9. The first-order valence-electron chi connectivity index (χ1n) is 20.6. The Hall–Kier alpha value is -8.26. The van der Waals surface area contributed by atoms with Crippen LogP contribution in [0.5, 0.6) is 11.5 Å². The summed E-state index contributed by atoms with van der Waals surface area (Å²) in [5.41, 5.74) is 14.3. The standard InChI is InChI=1S/C46H50N8O12/c47-32(18-25-6-2-1-3-7-25)41(60)50-37(23-40(58)59)45(64)51-34(19-26-10-14-29(55)15-11-26)42(61)53-36(22-39(48)57)44(63)52-35(21-28-24-49-33-9-5-4-8-31(28)33)43(62)54-38(46(65)66)20-27-12-16-30(56)17-13-27/h1-17,24,32,34-38,49,55-56H,18-23,47H2,(H2,48,57)(H,50,60)(H,51,64)(H,52,63)(H,53,61)(H,54,62)(H,58,59)(H,65,66)/t32-,34-,35-,36-,37-,38-/m0/s1. The number of H-pyrrole nitrogens is 1. The van der Waals surface area contributed by atoms with Crippen LogP contribution in [0.15, 0.2) is 109 Å². The molecule has 14 N–H and O–H groups in total. The van der Waals surface area contributed by atoms with Gasteiger partial charge >= 0.3 is 11.9 Å². The first kappa shape index (κ1) is 48.8. The lowest BCUT2D eigenvalue weighted by Crippen LogP contribution is -2.60. The van der Waals surface area contributed by atoms with Gasteiger partial charge in [0.15, 0.2) is 0 Å². The average molecular weight is 907 g/mol. The van der Waals surface area contributed by atoms with Crippen LogP contribution in [0, 0.1) is 0 Å². The lowest BCUT2D eigenvalue weighted by Gasteiger charge is -2.27. The first-order chi connectivity index (χ1) is 31.4. The Balaban J connectivity index is 1.39. The number of aliphatic carboxylic acids is 2. The van der Waals surface area contributed by atoms with Gasteiger partial charge in [-0.2, -0.15) is 0 Å². The molecule has 1 aromatic heterocycles. The molecule has 1 heterocycles. The Bertz CT molecular complexity index is 2530. The van der Waals surface area contributed by atoms with Gasteiger partial charge in [0.05, 0.1) is 18.9 Å². The molecule has 0 fully saturated rings. The third kappa shape index (κ3) is 14.4. The van der Waals surface area contributed by atoms with Crippen LogP contribution >= 0.6 is 0 Å². The van der Waals surface area contributed by atoms with Crippen LogP contribution in [-0.4, -0.2) is 109 Å². The van der Waals surface area contributed by atoms with Crippen LogP contribution in [0.25, 0.3) is 10.9 Å². The molecule has 0 aliphatic heterocycles. The third-order valence-electron chi connectivity index (χ3n) is 10.4. The van der Waals surface area contributed by atoms with Gasteiger partial charge in [0, 0.05) is 36.4 Å². The van der Waals surface area contributed by atoms with Crippen molar-refractivity contribution in [2.45, 2.75) is 74.8 Å². The number of aromatic hydroxyl groups is 2. The van der Waals surface area contributed by atoms with E-state index in [1.54, 1.807) is 60.8 Å². The van der Waals surface area contributed by atoms with Crippen molar-refractivity contribution < 1.29 is 58.8 Å². The summed E-state index contributed by atoms with van der Waals surface area (Å²) >= 11 is 0. The number of primary amides is 1. The average Bonchev–Trinajstić information content (AvgIpc) is 3.68. The number of phenols is 2. The summed E-state index contributed by atoms with van der Waals surface area (Å²) < 4.78 is 0. The summed E-state index contributed by atoms with van der Waals surface area (Å²) in [6, 6.07) is 17.4. The summed E-state index contributed by atoms with van der Waals surface area (Å²) in [6.07, 6.45) is -0.849. The lowest BCUT2D eigenvalue weighted by atomic mass is 10.0. The van der Waals surface area contributed by atoms with Crippen molar-refractivity contribution in [2.24, 2.45) is 11.5 Å². The van der Waals surface area contributed by atoms with E-state index in [0.29, 0.717) is 33.2 Å². The van der Waals surface area contributed by atoms with Crippen molar-refractivity contribution in [3.8, 4) is 11.5 Å². The minimum absolute atomic E-state index is 0.0491. The van der Waals surface area contributed by atoms with Crippen LogP contribution < -0.4 is 38.1 Å². The van der Waals surface area contributed by atoms with Gasteiger partial charge in [-0.3, -0.25) is 33.6 Å². The maximum absolute atomic E-state index is 14.2. The van der Waals surface area contributed by atoms with E-state index >= 15 is 0 Å². The fourth-order valence-corrected chi connectivity index (χ4v) is 7.00. The van der Waals surface area contributed by atoms with Crippen molar-refractivity contribution in [1.29, 1.82) is 0 Å². The van der Waals surface area contributed by atoms with Crippen molar-refractivity contribution >= 4 is 58.3 Å². The van der Waals surface area contributed by atoms with Crippen LogP contribution in [0.3, 0.4) is 0 Å². The van der Waals surface area contributed by atoms with Crippen LogP contribution in [0.4, 0.5) is 0 Å². The summed E-state index contributed by atoms with van der Waals surface area (Å²) in [4.78, 5) is 109. The second-order valence-corrected chi connectivity index (χ2v) is 15.5. The molecule has 5 aromatic rings. The highest BCUT2D eigenvalue weighted by Gasteiger charge is 2.35. The van der Waals surface area contributed by atoms with Gasteiger partial charge in [0.25, 0.3) is 0 Å². The summed E-state index contributed by atoms with van der Waals surface area (Å²) in [7, 11) is 0. The van der Waals surface area contributed by atoms with E-state index in [2.05, 4.69) is 31.6 Å². The van der Waals surface area contributed by atoms with Gasteiger partial charge in [-0.25, -0.2) is 4.79 Å². The third-order valence-corrected chi connectivity index (χ3v) is 10.4. The highest BCUT2D eigenvalue weighted by atomic mass is 16.4. The largest absolute Gasteiger partial charge is 0.508 e. The Labute approximate surface area is 377 Å². The van der Waals surface area contributed by atoms with E-state index in [0.717, 1.165) is 0 Å². The number of rotatable bonds is 23. The van der Waals surface area contributed by atoms with Gasteiger partial charge in [-0.1, -0.05) is 72.8 Å². The maximum atomic E-state index is 14.2. The number of aromatic amines is 1. The first-order valence-corrected chi connectivity index (χ1v) is 20.6. The number of phenolic OH excluding ortho intramolecular Hbond substituents is 2. The molecule has 346 valence electrons. The number of para-hydroxylation sites is 1. The number of carboxylic acid groups (broad SMARTS) is 2. The zero-order valence-corrected chi connectivity index (χ0v) is 35.3. The van der Waals surface area contributed by atoms with Gasteiger partial charge < -0.3 is 63.5 Å². The zero-order valence-electron chi connectivity index (χ0n) is 35.3. The van der Waals surface area contributed by atoms with Gasteiger partial charge in [0.2, 0.25) is 35.4 Å². The molecule has 0 radical (unpaired) electrons. The molecule has 66 heavy (non-hydrogen) atoms. The molecule has 4 aromatic carbocycles. The normalized spacial score (nSPS) is 13.7. The van der Waals surface area contributed by atoms with Crippen LogP contribution in [-0.2, 0) is 64.0 Å². The minimum Gasteiger partial charge on any atom is -0.508 e. The molecule has 6 amide bonds.